The number of benzene rings is 1. The van der Waals surface area contributed by atoms with Crippen LogP contribution in [0.5, 0.6) is 0 Å². The molecule has 0 N–H and O–H groups in total. The highest BCUT2D eigenvalue weighted by molar-refractivity contribution is 5.78. The average Bonchev–Trinajstić information content (AvgIpc) is 3.09. The predicted octanol–water partition coefficient (Wildman–Crippen LogP) is 2.52. The number of carbonyl (C=O) groups is 1. The van der Waals surface area contributed by atoms with Crippen molar-refractivity contribution in [3.8, 4) is 0 Å². The van der Waals surface area contributed by atoms with Crippen LogP contribution < -0.4 is 0 Å². The molecule has 0 saturated carbocycles. The molecule has 2 atom stereocenters. The third-order valence-corrected chi connectivity index (χ3v) is 5.22. The number of hydrogen-bond donors (Lipinski definition) is 0. The molecule has 2 aromatic rings. The lowest BCUT2D eigenvalue weighted by molar-refractivity contribution is -0.0907. The van der Waals surface area contributed by atoms with Crippen molar-refractivity contribution >= 4 is 17.1 Å². The fourth-order valence-electron chi connectivity index (χ4n) is 3.81. The van der Waals surface area contributed by atoms with Crippen LogP contribution in [0.3, 0.4) is 0 Å². The molecule has 1 aromatic carbocycles. The molecular formula is C19H26N4O4. The van der Waals surface area contributed by atoms with Crippen LogP contribution >= 0.6 is 0 Å². The molecule has 2 aliphatic heterocycles. The first-order valence-electron chi connectivity index (χ1n) is 9.37. The van der Waals surface area contributed by atoms with Gasteiger partial charge in [-0.25, -0.2) is 9.42 Å². The minimum Gasteiger partial charge on any atom is -0.444 e. The van der Waals surface area contributed by atoms with Gasteiger partial charge in [0.1, 0.15) is 16.6 Å². The number of morpholine rings is 1. The Balaban J connectivity index is 1.43. The Morgan fingerprint density at radius 3 is 2.81 bits per heavy atom. The molecule has 0 aliphatic carbocycles. The van der Waals surface area contributed by atoms with E-state index in [0.29, 0.717) is 19.7 Å². The maximum Gasteiger partial charge on any atom is 0.410 e. The number of aryl methyl sites for hydroxylation is 1. The minimum atomic E-state index is -0.478. The second kappa shape index (κ2) is 6.76. The number of nitrogens with zero attached hydrogens (tertiary/aromatic N) is 4. The van der Waals surface area contributed by atoms with Gasteiger partial charge in [0.2, 0.25) is 0 Å². The highest BCUT2D eigenvalue weighted by Crippen LogP contribution is 2.31. The lowest BCUT2D eigenvalue weighted by Gasteiger charge is -2.46. The molecular weight excluding hydrogens is 348 g/mol. The van der Waals surface area contributed by atoms with Gasteiger partial charge in [-0.2, -0.15) is 0 Å². The van der Waals surface area contributed by atoms with Gasteiger partial charge in [-0.05, 0) is 55.2 Å². The molecule has 8 heteroatoms. The molecule has 1 aromatic heterocycles. The fourth-order valence-corrected chi connectivity index (χ4v) is 3.81. The summed E-state index contributed by atoms with van der Waals surface area (Å²) in [7, 11) is 0. The summed E-state index contributed by atoms with van der Waals surface area (Å²) in [5.74, 6) is 0. The zero-order valence-corrected chi connectivity index (χ0v) is 16.3. The highest BCUT2D eigenvalue weighted by Gasteiger charge is 2.37. The van der Waals surface area contributed by atoms with Crippen LogP contribution in [0.25, 0.3) is 11.0 Å². The summed E-state index contributed by atoms with van der Waals surface area (Å²) in [6, 6.07) is 4.16. The van der Waals surface area contributed by atoms with Crippen molar-refractivity contribution in [1.82, 2.24) is 20.1 Å². The maximum atomic E-state index is 12.3. The Hall–Kier alpha value is -2.19. The van der Waals surface area contributed by atoms with Gasteiger partial charge in [-0.3, -0.25) is 4.90 Å². The molecule has 3 heterocycles. The first-order chi connectivity index (χ1) is 12.8. The maximum absolute atomic E-state index is 12.3. The molecule has 2 fully saturated rings. The van der Waals surface area contributed by atoms with Crippen LogP contribution in [0.1, 0.15) is 38.0 Å². The van der Waals surface area contributed by atoms with Crippen LogP contribution in [0.4, 0.5) is 4.79 Å². The Morgan fingerprint density at radius 2 is 2.04 bits per heavy atom. The molecule has 8 nitrogen and oxygen atoms in total. The van der Waals surface area contributed by atoms with Gasteiger partial charge in [0.05, 0.1) is 18.8 Å². The van der Waals surface area contributed by atoms with E-state index in [9.17, 15) is 4.79 Å². The van der Waals surface area contributed by atoms with Crippen molar-refractivity contribution in [3.63, 3.8) is 0 Å². The number of piperazine rings is 1. The average molecular weight is 374 g/mol. The van der Waals surface area contributed by atoms with E-state index >= 15 is 0 Å². The third-order valence-electron chi connectivity index (χ3n) is 5.22. The van der Waals surface area contributed by atoms with Crippen molar-refractivity contribution in [2.75, 3.05) is 32.8 Å². The lowest BCUT2D eigenvalue weighted by Crippen LogP contribution is -2.60. The van der Waals surface area contributed by atoms with Crippen molar-refractivity contribution in [1.29, 1.82) is 0 Å². The third kappa shape index (κ3) is 3.64. The SMILES string of the molecule is Cc1c([C@@H]2CN3CCN(C(=O)OC(C)(C)C)C[C@H]3CO2)ccc2nonc12. The first-order valence-corrected chi connectivity index (χ1v) is 9.37. The number of ether oxygens (including phenoxy) is 2. The van der Waals surface area contributed by atoms with Gasteiger partial charge in [-0.15, -0.1) is 0 Å². The smallest absolute Gasteiger partial charge is 0.410 e. The molecule has 146 valence electrons. The van der Waals surface area contributed by atoms with Gasteiger partial charge in [0.15, 0.2) is 0 Å². The quantitative estimate of drug-likeness (QED) is 0.759. The number of hydrogen-bond acceptors (Lipinski definition) is 7. The first kappa shape index (κ1) is 18.2. The van der Waals surface area contributed by atoms with E-state index in [1.165, 1.54) is 0 Å². The largest absolute Gasteiger partial charge is 0.444 e. The zero-order chi connectivity index (χ0) is 19.2. The van der Waals surface area contributed by atoms with E-state index in [2.05, 4.69) is 15.2 Å². The second-order valence-electron chi connectivity index (χ2n) is 8.31. The number of aromatic nitrogens is 2. The van der Waals surface area contributed by atoms with Crippen molar-refractivity contribution in [3.05, 3.63) is 23.3 Å². The number of rotatable bonds is 1. The van der Waals surface area contributed by atoms with Gasteiger partial charge in [0.25, 0.3) is 0 Å². The standard InChI is InChI=1S/C19H26N4O4/c1-12-14(5-6-15-17(12)21-27-20-15)16-10-22-7-8-23(9-13(22)11-25-16)18(24)26-19(2,3)4/h5-6,13,16H,7-11H2,1-4H3/t13-,16-/m0/s1. The number of fused-ring (bicyclic) bond motifs is 2. The Kier molecular flexibility index (Phi) is 4.55. The molecule has 27 heavy (non-hydrogen) atoms. The van der Waals surface area contributed by atoms with Crippen molar-refractivity contribution in [2.24, 2.45) is 0 Å². The fraction of sp³-hybridized carbons (Fsp3) is 0.632. The Bertz CT molecular complexity index is 844. The van der Waals surface area contributed by atoms with Crippen LogP contribution in [-0.4, -0.2) is 70.6 Å². The summed E-state index contributed by atoms with van der Waals surface area (Å²) >= 11 is 0. The molecule has 0 bridgehead atoms. The summed E-state index contributed by atoms with van der Waals surface area (Å²) in [6.45, 7) is 11.2. The van der Waals surface area contributed by atoms with Gasteiger partial charge >= 0.3 is 6.09 Å². The van der Waals surface area contributed by atoms with Crippen LogP contribution in [-0.2, 0) is 9.47 Å². The van der Waals surface area contributed by atoms with E-state index in [-0.39, 0.29) is 18.2 Å². The van der Waals surface area contributed by atoms with Gasteiger partial charge in [-0.1, -0.05) is 6.07 Å². The predicted molar refractivity (Wildman–Crippen MR) is 98.4 cm³/mol. The topological polar surface area (TPSA) is 80.9 Å². The molecule has 2 saturated heterocycles. The van der Waals surface area contributed by atoms with E-state index in [1.807, 2.05) is 39.8 Å². The van der Waals surface area contributed by atoms with Crippen LogP contribution in [0.15, 0.2) is 16.8 Å². The van der Waals surface area contributed by atoms with Gasteiger partial charge in [0, 0.05) is 26.2 Å². The molecule has 0 radical (unpaired) electrons. The van der Waals surface area contributed by atoms with Crippen LogP contribution in [0.2, 0.25) is 0 Å². The van der Waals surface area contributed by atoms with Crippen molar-refractivity contribution < 1.29 is 18.9 Å². The summed E-state index contributed by atoms with van der Waals surface area (Å²) in [5, 5.41) is 7.90. The molecule has 0 spiro atoms. The monoisotopic (exact) mass is 374 g/mol. The van der Waals surface area contributed by atoms with Crippen LogP contribution in [0, 0.1) is 6.92 Å². The molecule has 2 aliphatic rings. The van der Waals surface area contributed by atoms with Crippen molar-refractivity contribution in [2.45, 2.75) is 45.4 Å². The van der Waals surface area contributed by atoms with Gasteiger partial charge < -0.3 is 14.4 Å². The normalized spacial score (nSPS) is 24.1. The second-order valence-corrected chi connectivity index (χ2v) is 8.31. The highest BCUT2D eigenvalue weighted by atomic mass is 16.6. The van der Waals surface area contributed by atoms with E-state index in [0.717, 1.165) is 35.2 Å². The minimum absolute atomic E-state index is 0.0181. The number of amides is 1. The summed E-state index contributed by atoms with van der Waals surface area (Å²) in [5.41, 5.74) is 3.23. The molecule has 1 amide bonds. The zero-order valence-electron chi connectivity index (χ0n) is 16.3. The summed E-state index contributed by atoms with van der Waals surface area (Å²) in [6.07, 6.45) is -0.264. The molecule has 0 unspecified atom stereocenters. The molecule has 4 rings (SSSR count). The van der Waals surface area contributed by atoms with E-state index in [4.69, 9.17) is 14.1 Å². The number of carbonyl (C=O) groups excluding carboxylic acids is 1. The summed E-state index contributed by atoms with van der Waals surface area (Å²) < 4.78 is 16.5. The summed E-state index contributed by atoms with van der Waals surface area (Å²) in [4.78, 5) is 16.5. The Morgan fingerprint density at radius 1 is 1.22 bits per heavy atom. The lowest BCUT2D eigenvalue weighted by atomic mass is 9.99. The Labute approximate surface area is 158 Å². The van der Waals surface area contributed by atoms with E-state index in [1.54, 1.807) is 4.90 Å². The van der Waals surface area contributed by atoms with E-state index < -0.39 is 5.60 Å².